The first-order valence-corrected chi connectivity index (χ1v) is 13.2. The number of nitrogens with one attached hydrogen (secondary N) is 1. The summed E-state index contributed by atoms with van der Waals surface area (Å²) in [5.41, 5.74) is 2.55. The van der Waals surface area contributed by atoms with E-state index in [1.807, 2.05) is 48.7 Å². The molecule has 0 spiro atoms. The molecule has 0 radical (unpaired) electrons. The van der Waals surface area contributed by atoms with Crippen molar-refractivity contribution in [3.8, 4) is 0 Å². The number of nitrogens with zero attached hydrogens (tertiary/aromatic N) is 3. The molecule has 0 unspecified atom stereocenters. The molecule has 36 heavy (non-hydrogen) atoms. The molecule has 3 amide bonds. The average molecular weight is 509 g/mol. The van der Waals surface area contributed by atoms with Crippen LogP contribution in [0.25, 0.3) is 0 Å². The number of urea groups is 1. The van der Waals surface area contributed by atoms with Crippen LogP contribution in [-0.2, 0) is 17.9 Å². The SMILES string of the molecule is Cc1ccccc1NC(=O)N(CCN1CCCC1)CC(=O)N(Cc1ccc(F)cc1)Cc1cccs1. The van der Waals surface area contributed by atoms with E-state index in [2.05, 4.69) is 10.2 Å². The van der Waals surface area contributed by atoms with Crippen molar-refractivity contribution >= 4 is 29.0 Å². The highest BCUT2D eigenvalue weighted by Crippen LogP contribution is 2.17. The smallest absolute Gasteiger partial charge is 0.322 e. The van der Waals surface area contributed by atoms with Crippen molar-refractivity contribution < 1.29 is 14.0 Å². The van der Waals surface area contributed by atoms with Gasteiger partial charge in [0.15, 0.2) is 0 Å². The van der Waals surface area contributed by atoms with Crippen molar-refractivity contribution in [2.24, 2.45) is 0 Å². The molecule has 0 bridgehead atoms. The van der Waals surface area contributed by atoms with E-state index in [4.69, 9.17) is 0 Å². The van der Waals surface area contributed by atoms with Gasteiger partial charge in [-0.25, -0.2) is 9.18 Å². The first kappa shape index (κ1) is 25.9. The molecule has 4 rings (SSSR count). The molecule has 1 fully saturated rings. The van der Waals surface area contributed by atoms with Crippen molar-refractivity contribution in [2.45, 2.75) is 32.9 Å². The van der Waals surface area contributed by atoms with E-state index in [0.29, 0.717) is 19.6 Å². The van der Waals surface area contributed by atoms with Crippen LogP contribution in [0.15, 0.2) is 66.0 Å². The molecule has 190 valence electrons. The number of halogens is 1. The molecule has 6 nitrogen and oxygen atoms in total. The largest absolute Gasteiger partial charge is 0.332 e. The quantitative estimate of drug-likeness (QED) is 0.401. The van der Waals surface area contributed by atoms with Gasteiger partial charge in [0, 0.05) is 30.2 Å². The number of rotatable bonds is 10. The Balaban J connectivity index is 1.49. The van der Waals surface area contributed by atoms with Gasteiger partial charge in [0.05, 0.1) is 6.54 Å². The highest BCUT2D eigenvalue weighted by Gasteiger charge is 2.24. The van der Waals surface area contributed by atoms with Crippen molar-refractivity contribution in [2.75, 3.05) is 38.0 Å². The van der Waals surface area contributed by atoms with Crippen LogP contribution < -0.4 is 5.32 Å². The summed E-state index contributed by atoms with van der Waals surface area (Å²) in [5, 5.41) is 4.97. The molecule has 0 atom stereocenters. The molecule has 1 aromatic heterocycles. The second-order valence-corrected chi connectivity index (χ2v) is 10.2. The minimum Gasteiger partial charge on any atom is -0.332 e. The lowest BCUT2D eigenvalue weighted by atomic mass is 10.2. The van der Waals surface area contributed by atoms with Gasteiger partial charge < -0.3 is 20.0 Å². The van der Waals surface area contributed by atoms with Gasteiger partial charge in [-0.05, 0) is 73.6 Å². The highest BCUT2D eigenvalue weighted by atomic mass is 32.1. The first-order chi connectivity index (χ1) is 17.5. The van der Waals surface area contributed by atoms with Gasteiger partial charge in [0.25, 0.3) is 0 Å². The monoisotopic (exact) mass is 508 g/mol. The maximum Gasteiger partial charge on any atom is 0.322 e. The van der Waals surface area contributed by atoms with Crippen molar-refractivity contribution in [3.63, 3.8) is 0 Å². The second kappa shape index (κ2) is 12.6. The van der Waals surface area contributed by atoms with Crippen LogP contribution >= 0.6 is 11.3 Å². The van der Waals surface area contributed by atoms with Crippen LogP contribution in [0.1, 0.15) is 28.8 Å². The van der Waals surface area contributed by atoms with Crippen molar-refractivity contribution in [3.05, 3.63) is 87.9 Å². The Morgan fingerprint density at radius 1 is 0.972 bits per heavy atom. The Hall–Kier alpha value is -3.23. The third kappa shape index (κ3) is 7.38. The Morgan fingerprint density at radius 3 is 2.42 bits per heavy atom. The second-order valence-electron chi connectivity index (χ2n) is 9.17. The maximum atomic E-state index is 13.6. The van der Waals surface area contributed by atoms with E-state index in [1.165, 1.54) is 25.0 Å². The summed E-state index contributed by atoms with van der Waals surface area (Å²) in [6, 6.07) is 17.5. The normalized spacial score (nSPS) is 13.5. The number of likely N-dealkylation sites (tertiary alicyclic amines) is 1. The molecule has 0 saturated carbocycles. The van der Waals surface area contributed by atoms with Crippen LogP contribution in [0.3, 0.4) is 0 Å². The van der Waals surface area contributed by atoms with Crippen LogP contribution in [0, 0.1) is 12.7 Å². The number of aryl methyl sites for hydroxylation is 1. The molecular weight excluding hydrogens is 475 g/mol. The van der Waals surface area contributed by atoms with Gasteiger partial charge >= 0.3 is 6.03 Å². The fraction of sp³-hybridized carbons (Fsp3) is 0.357. The third-order valence-corrected chi connectivity index (χ3v) is 7.31. The minimum atomic E-state index is -0.309. The summed E-state index contributed by atoms with van der Waals surface area (Å²) in [7, 11) is 0. The summed E-state index contributed by atoms with van der Waals surface area (Å²) in [5.74, 6) is -0.454. The molecule has 1 saturated heterocycles. The van der Waals surface area contributed by atoms with E-state index in [0.717, 1.165) is 41.3 Å². The molecule has 1 aliphatic heterocycles. The number of hydrogen-bond acceptors (Lipinski definition) is 4. The third-order valence-electron chi connectivity index (χ3n) is 6.45. The van der Waals surface area contributed by atoms with Crippen molar-refractivity contribution in [1.29, 1.82) is 0 Å². The number of para-hydroxylation sites is 1. The lowest BCUT2D eigenvalue weighted by molar-refractivity contribution is -0.133. The standard InChI is InChI=1S/C28H33FN4O2S/c1-22-7-2-3-9-26(22)30-28(35)32(17-16-31-14-4-5-15-31)21-27(34)33(20-25-8-6-18-36-25)19-23-10-12-24(29)13-11-23/h2-3,6-13,18H,4-5,14-17,19-21H2,1H3,(H,30,35). The first-order valence-electron chi connectivity index (χ1n) is 12.4. The molecule has 1 N–H and O–H groups in total. The molecule has 0 aliphatic carbocycles. The zero-order valence-electron chi connectivity index (χ0n) is 20.7. The summed E-state index contributed by atoms with van der Waals surface area (Å²) in [6.45, 7) is 5.94. The predicted molar refractivity (Wildman–Crippen MR) is 142 cm³/mol. The summed E-state index contributed by atoms with van der Waals surface area (Å²) in [4.78, 5) is 33.7. The zero-order chi connectivity index (χ0) is 25.3. The summed E-state index contributed by atoms with van der Waals surface area (Å²) >= 11 is 1.58. The van der Waals surface area contributed by atoms with Gasteiger partial charge in [0.2, 0.25) is 5.91 Å². The minimum absolute atomic E-state index is 0.0296. The Bertz CT molecular complexity index is 1130. The fourth-order valence-corrected chi connectivity index (χ4v) is 5.04. The summed E-state index contributed by atoms with van der Waals surface area (Å²) < 4.78 is 13.4. The summed E-state index contributed by atoms with van der Waals surface area (Å²) in [6.07, 6.45) is 2.33. The van der Waals surface area contributed by atoms with Gasteiger partial charge in [-0.15, -0.1) is 11.3 Å². The van der Waals surface area contributed by atoms with Gasteiger partial charge in [0.1, 0.15) is 12.4 Å². The molecule has 8 heteroatoms. The number of amides is 3. The Morgan fingerprint density at radius 2 is 1.72 bits per heavy atom. The number of thiophene rings is 1. The van der Waals surface area contributed by atoms with Gasteiger partial charge in [-0.1, -0.05) is 36.4 Å². The molecule has 2 heterocycles. The topological polar surface area (TPSA) is 55.9 Å². The fourth-order valence-electron chi connectivity index (χ4n) is 4.32. The van der Waals surface area contributed by atoms with Crippen LogP contribution in [-0.4, -0.2) is 59.4 Å². The Labute approximate surface area is 216 Å². The number of carbonyl (C=O) groups excluding carboxylic acids is 2. The average Bonchev–Trinajstić information content (AvgIpc) is 3.58. The predicted octanol–water partition coefficient (Wildman–Crippen LogP) is 5.35. The van der Waals surface area contributed by atoms with E-state index < -0.39 is 0 Å². The molecule has 1 aliphatic rings. The highest BCUT2D eigenvalue weighted by molar-refractivity contribution is 7.09. The number of benzene rings is 2. The lowest BCUT2D eigenvalue weighted by Crippen LogP contribution is -2.46. The molecule has 2 aromatic carbocycles. The van der Waals surface area contributed by atoms with Crippen LogP contribution in [0.5, 0.6) is 0 Å². The van der Waals surface area contributed by atoms with E-state index in [1.54, 1.807) is 33.3 Å². The van der Waals surface area contributed by atoms with E-state index in [-0.39, 0.29) is 24.3 Å². The zero-order valence-corrected chi connectivity index (χ0v) is 21.5. The van der Waals surface area contributed by atoms with E-state index in [9.17, 15) is 14.0 Å². The number of carbonyl (C=O) groups is 2. The number of anilines is 1. The van der Waals surface area contributed by atoms with Crippen molar-refractivity contribution in [1.82, 2.24) is 14.7 Å². The molecular formula is C28H33FN4O2S. The lowest BCUT2D eigenvalue weighted by Gasteiger charge is -2.29. The molecule has 3 aromatic rings. The van der Waals surface area contributed by atoms with Crippen LogP contribution in [0.2, 0.25) is 0 Å². The number of hydrogen-bond donors (Lipinski definition) is 1. The Kier molecular flexibility index (Phi) is 9.08. The van der Waals surface area contributed by atoms with Crippen LogP contribution in [0.4, 0.5) is 14.9 Å². The van der Waals surface area contributed by atoms with Gasteiger partial charge in [-0.3, -0.25) is 4.79 Å². The maximum absolute atomic E-state index is 13.6. The van der Waals surface area contributed by atoms with Gasteiger partial charge in [-0.2, -0.15) is 0 Å². The van der Waals surface area contributed by atoms with E-state index >= 15 is 0 Å².